The molecule has 0 fully saturated rings. The summed E-state index contributed by atoms with van der Waals surface area (Å²) >= 11 is 0. The molecular formula is C25H32N8O. The summed E-state index contributed by atoms with van der Waals surface area (Å²) in [5, 5.41) is 28.5. The Morgan fingerprint density at radius 1 is 1.29 bits per heavy atom. The van der Waals surface area contributed by atoms with Crippen LogP contribution in [0.2, 0.25) is 0 Å². The van der Waals surface area contributed by atoms with E-state index in [1.54, 1.807) is 19.3 Å². The molecule has 0 saturated heterocycles. The first kappa shape index (κ1) is 24.4. The zero-order valence-electron chi connectivity index (χ0n) is 19.7. The van der Waals surface area contributed by atoms with Crippen LogP contribution in [0.25, 0.3) is 0 Å². The van der Waals surface area contributed by atoms with Gasteiger partial charge in [0.2, 0.25) is 0 Å². The molecule has 0 spiro atoms. The third-order valence-corrected chi connectivity index (χ3v) is 5.15. The van der Waals surface area contributed by atoms with Crippen LogP contribution in [-0.4, -0.2) is 38.5 Å². The highest BCUT2D eigenvalue weighted by molar-refractivity contribution is 5.97. The van der Waals surface area contributed by atoms with E-state index < -0.39 is 0 Å². The molecule has 178 valence electrons. The van der Waals surface area contributed by atoms with E-state index in [0.29, 0.717) is 17.4 Å². The van der Waals surface area contributed by atoms with Gasteiger partial charge in [0.05, 0.1) is 17.1 Å². The molecule has 9 heteroatoms. The van der Waals surface area contributed by atoms with Gasteiger partial charge in [-0.3, -0.25) is 10.4 Å². The van der Waals surface area contributed by atoms with Crippen molar-refractivity contribution < 1.29 is 4.74 Å². The lowest BCUT2D eigenvalue weighted by molar-refractivity contribution is 0.215. The molecule has 9 nitrogen and oxygen atoms in total. The minimum absolute atomic E-state index is 0.166. The number of dihydropyridines is 3. The maximum atomic E-state index is 8.23. The van der Waals surface area contributed by atoms with Gasteiger partial charge in [-0.1, -0.05) is 26.0 Å². The van der Waals surface area contributed by atoms with E-state index in [0.717, 1.165) is 34.7 Å². The van der Waals surface area contributed by atoms with Crippen LogP contribution >= 0.6 is 0 Å². The number of nitrogens with zero attached hydrogens (tertiary/aromatic N) is 1. The van der Waals surface area contributed by atoms with Crippen LogP contribution in [0.1, 0.15) is 13.8 Å². The highest BCUT2D eigenvalue weighted by Crippen LogP contribution is 2.23. The summed E-state index contributed by atoms with van der Waals surface area (Å²) in [6, 6.07) is 0. The number of fused-ring (bicyclic) bond motifs is 1. The van der Waals surface area contributed by atoms with Crippen molar-refractivity contribution in [2.24, 2.45) is 16.6 Å². The minimum Gasteiger partial charge on any atom is -0.473 e. The van der Waals surface area contributed by atoms with Crippen molar-refractivity contribution in [2.45, 2.75) is 13.8 Å². The van der Waals surface area contributed by atoms with Crippen molar-refractivity contribution in [3.05, 3.63) is 94.2 Å². The number of allylic oxidation sites excluding steroid dienone is 8. The molecule has 0 amide bonds. The lowest BCUT2D eigenvalue weighted by atomic mass is 10.0. The van der Waals surface area contributed by atoms with Crippen molar-refractivity contribution in [1.29, 1.82) is 10.8 Å². The predicted molar refractivity (Wildman–Crippen MR) is 138 cm³/mol. The molecule has 0 aromatic rings. The Morgan fingerprint density at radius 2 is 2.12 bits per heavy atom. The average molecular weight is 461 g/mol. The van der Waals surface area contributed by atoms with Crippen LogP contribution in [0.5, 0.6) is 0 Å². The van der Waals surface area contributed by atoms with Gasteiger partial charge in [0, 0.05) is 43.4 Å². The van der Waals surface area contributed by atoms with Crippen molar-refractivity contribution >= 4 is 18.3 Å². The molecule has 8 N–H and O–H groups in total. The molecule has 34 heavy (non-hydrogen) atoms. The summed E-state index contributed by atoms with van der Waals surface area (Å²) in [5.74, 6) is 1.69. The topological polar surface area (TPSA) is 143 Å². The molecule has 3 aliphatic rings. The van der Waals surface area contributed by atoms with E-state index in [9.17, 15) is 0 Å². The number of nitrogens with one attached hydrogen (secondary N) is 6. The van der Waals surface area contributed by atoms with E-state index >= 15 is 0 Å². The number of ether oxygens (including phenoxy) is 1. The van der Waals surface area contributed by atoms with Gasteiger partial charge in [0.25, 0.3) is 0 Å². The van der Waals surface area contributed by atoms with Gasteiger partial charge in [-0.25, -0.2) is 0 Å². The van der Waals surface area contributed by atoms with Crippen LogP contribution in [0.4, 0.5) is 0 Å². The molecule has 0 atom stereocenters. The quantitative estimate of drug-likeness (QED) is 0.208. The Balaban J connectivity index is 1.74. The second-order valence-corrected chi connectivity index (χ2v) is 8.02. The van der Waals surface area contributed by atoms with Gasteiger partial charge >= 0.3 is 0 Å². The molecule has 0 unspecified atom stereocenters. The van der Waals surface area contributed by atoms with Gasteiger partial charge in [0.1, 0.15) is 18.3 Å². The van der Waals surface area contributed by atoms with Gasteiger partial charge in [-0.15, -0.1) is 0 Å². The maximum absolute atomic E-state index is 8.23. The third-order valence-electron chi connectivity index (χ3n) is 5.15. The van der Waals surface area contributed by atoms with Gasteiger partial charge < -0.3 is 37.1 Å². The van der Waals surface area contributed by atoms with Crippen molar-refractivity contribution in [3.63, 3.8) is 0 Å². The standard InChI is InChI=1S/C25H32N8O/c1-16(2)17(12-26)11-23(28)33-24-8-7-21-22(32-24)10-18(13-31-21)19(14-29-3)20(27)15-34-25-6-4-5-9-30-25/h4-8,10-14,16,26,30-32H,9,15,27H2,1-3H3,(H2,28,33). The Labute approximate surface area is 200 Å². The fourth-order valence-corrected chi connectivity index (χ4v) is 3.30. The highest BCUT2D eigenvalue weighted by Gasteiger charge is 2.18. The largest absolute Gasteiger partial charge is 0.473 e. The third kappa shape index (κ3) is 6.38. The predicted octanol–water partition coefficient (Wildman–Crippen LogP) is 2.42. The van der Waals surface area contributed by atoms with Crippen molar-refractivity contribution in [1.82, 2.24) is 21.3 Å². The molecule has 3 aliphatic heterocycles. The zero-order chi connectivity index (χ0) is 24.5. The summed E-state index contributed by atoms with van der Waals surface area (Å²) in [7, 11) is 1.70. The first-order valence-corrected chi connectivity index (χ1v) is 11.0. The lowest BCUT2D eigenvalue weighted by Crippen LogP contribution is -2.35. The summed E-state index contributed by atoms with van der Waals surface area (Å²) in [5.41, 5.74) is 11.0. The van der Waals surface area contributed by atoms with E-state index in [1.165, 1.54) is 6.21 Å². The molecule has 0 aromatic heterocycles. The summed E-state index contributed by atoms with van der Waals surface area (Å²) in [6.45, 7) is 4.92. The summed E-state index contributed by atoms with van der Waals surface area (Å²) < 4.78 is 5.78. The monoisotopic (exact) mass is 460 g/mol. The number of hydrogen-bond donors (Lipinski definition) is 7. The lowest BCUT2D eigenvalue weighted by Gasteiger charge is -2.25. The molecule has 0 aromatic carbocycles. The summed E-state index contributed by atoms with van der Waals surface area (Å²) in [4.78, 5) is 4.17. The molecule has 3 rings (SSSR count). The Morgan fingerprint density at radius 3 is 2.79 bits per heavy atom. The van der Waals surface area contributed by atoms with Gasteiger partial charge in [0.15, 0.2) is 5.88 Å². The fourth-order valence-electron chi connectivity index (χ4n) is 3.30. The smallest absolute Gasteiger partial charge is 0.187 e. The second-order valence-electron chi connectivity index (χ2n) is 8.02. The van der Waals surface area contributed by atoms with Crippen molar-refractivity contribution in [2.75, 3.05) is 20.2 Å². The molecule has 0 aliphatic carbocycles. The highest BCUT2D eigenvalue weighted by atomic mass is 16.5. The maximum Gasteiger partial charge on any atom is 0.187 e. The number of hydrogen-bond acceptors (Lipinski definition) is 8. The Bertz CT molecular complexity index is 1110. The summed E-state index contributed by atoms with van der Waals surface area (Å²) in [6.07, 6.45) is 18.1. The zero-order valence-corrected chi connectivity index (χ0v) is 19.7. The first-order valence-electron chi connectivity index (χ1n) is 11.0. The molecule has 0 radical (unpaired) electrons. The van der Waals surface area contributed by atoms with E-state index in [1.807, 2.05) is 56.5 Å². The van der Waals surface area contributed by atoms with Crippen molar-refractivity contribution in [3.8, 4) is 0 Å². The van der Waals surface area contributed by atoms with Gasteiger partial charge in [-0.05, 0) is 41.9 Å². The second kappa shape index (κ2) is 11.6. The molecule has 0 bridgehead atoms. The van der Waals surface area contributed by atoms with E-state index in [4.69, 9.17) is 21.3 Å². The Kier molecular flexibility index (Phi) is 8.28. The minimum atomic E-state index is 0.166. The van der Waals surface area contributed by atoms with Crippen LogP contribution in [0, 0.1) is 16.7 Å². The number of aliphatic imine (C=N–C) groups is 1. The molecule has 3 heterocycles. The van der Waals surface area contributed by atoms with Crippen LogP contribution < -0.4 is 27.0 Å². The molecule has 0 saturated carbocycles. The van der Waals surface area contributed by atoms with Crippen LogP contribution in [0.3, 0.4) is 0 Å². The van der Waals surface area contributed by atoms with E-state index in [-0.39, 0.29) is 18.4 Å². The Hall–Kier alpha value is -4.27. The van der Waals surface area contributed by atoms with Crippen LogP contribution in [0.15, 0.2) is 99.2 Å². The fraction of sp³-hybridized carbons (Fsp3) is 0.240. The molecular weight excluding hydrogens is 428 g/mol. The van der Waals surface area contributed by atoms with Gasteiger partial charge in [-0.2, -0.15) is 0 Å². The van der Waals surface area contributed by atoms with Crippen LogP contribution in [-0.2, 0) is 4.74 Å². The normalized spacial score (nSPS) is 18.1. The number of rotatable bonds is 9. The first-order chi connectivity index (χ1) is 16.4. The van der Waals surface area contributed by atoms with E-state index in [2.05, 4.69) is 26.3 Å². The number of amidine groups is 1. The average Bonchev–Trinajstić information content (AvgIpc) is 2.84. The number of nitrogens with two attached hydrogens (primary N) is 1. The SMILES string of the molecule is CN=CC(C1=CNC2=CC=C(NC(=N)C=C(C=N)C(C)C)NC2=C1)=C(N)COC1=CC=CCN1.